The number of nitrogens with one attached hydrogen (secondary N) is 1. The molecule has 1 amide bonds. The molecule has 168 valence electrons. The maximum atomic E-state index is 12.7. The lowest BCUT2D eigenvalue weighted by molar-refractivity contribution is -0.121. The summed E-state index contributed by atoms with van der Waals surface area (Å²) in [6.07, 6.45) is 2.85. The van der Waals surface area contributed by atoms with Gasteiger partial charge in [-0.05, 0) is 25.1 Å². The zero-order valence-corrected chi connectivity index (χ0v) is 18.2. The smallest absolute Gasteiger partial charge is 0.321 e. The van der Waals surface area contributed by atoms with Gasteiger partial charge in [-0.1, -0.05) is 24.3 Å². The number of ether oxygens (including phenoxy) is 3. The first-order chi connectivity index (χ1) is 15.5. The SMILES string of the molecule is CCOc1ccccc1-n1ccn(CC(=O)NCc2cccc(OC)c2OC)c(=O)c1=O. The second-order valence-corrected chi connectivity index (χ2v) is 6.74. The Morgan fingerprint density at radius 1 is 0.938 bits per heavy atom. The van der Waals surface area contributed by atoms with Crippen LogP contribution in [0.15, 0.2) is 64.4 Å². The lowest BCUT2D eigenvalue weighted by atomic mass is 10.2. The predicted molar refractivity (Wildman–Crippen MR) is 119 cm³/mol. The molecule has 32 heavy (non-hydrogen) atoms. The average Bonchev–Trinajstić information content (AvgIpc) is 2.81. The van der Waals surface area contributed by atoms with Crippen molar-refractivity contribution in [2.75, 3.05) is 20.8 Å². The molecule has 2 aromatic carbocycles. The molecule has 0 fully saturated rings. The summed E-state index contributed by atoms with van der Waals surface area (Å²) in [6, 6.07) is 12.3. The van der Waals surface area contributed by atoms with Crippen LogP contribution in [0.1, 0.15) is 12.5 Å². The monoisotopic (exact) mass is 439 g/mol. The summed E-state index contributed by atoms with van der Waals surface area (Å²) >= 11 is 0. The number of rotatable bonds is 9. The Morgan fingerprint density at radius 3 is 2.41 bits per heavy atom. The Kier molecular flexibility index (Phi) is 7.33. The summed E-state index contributed by atoms with van der Waals surface area (Å²) in [5, 5.41) is 2.73. The normalized spacial score (nSPS) is 10.5. The van der Waals surface area contributed by atoms with Crippen molar-refractivity contribution in [2.24, 2.45) is 0 Å². The Balaban J connectivity index is 1.77. The van der Waals surface area contributed by atoms with Gasteiger partial charge in [-0.2, -0.15) is 0 Å². The molecule has 9 heteroatoms. The lowest BCUT2D eigenvalue weighted by Crippen LogP contribution is -2.42. The fourth-order valence-electron chi connectivity index (χ4n) is 3.25. The minimum atomic E-state index is -0.812. The van der Waals surface area contributed by atoms with Gasteiger partial charge in [0.05, 0.1) is 26.5 Å². The molecular formula is C23H25N3O6. The van der Waals surface area contributed by atoms with E-state index in [1.54, 1.807) is 42.5 Å². The Morgan fingerprint density at radius 2 is 1.69 bits per heavy atom. The van der Waals surface area contributed by atoms with Crippen LogP contribution in [0.25, 0.3) is 5.69 Å². The van der Waals surface area contributed by atoms with Crippen LogP contribution in [0.4, 0.5) is 0 Å². The number of hydrogen-bond donors (Lipinski definition) is 1. The van der Waals surface area contributed by atoms with E-state index in [1.165, 1.54) is 31.2 Å². The van der Waals surface area contributed by atoms with Crippen molar-refractivity contribution in [2.45, 2.75) is 20.0 Å². The molecule has 0 radical (unpaired) electrons. The number of methoxy groups -OCH3 is 2. The molecule has 0 saturated carbocycles. The van der Waals surface area contributed by atoms with E-state index < -0.39 is 17.0 Å². The van der Waals surface area contributed by atoms with E-state index >= 15 is 0 Å². The van der Waals surface area contributed by atoms with Crippen LogP contribution < -0.4 is 30.6 Å². The summed E-state index contributed by atoms with van der Waals surface area (Å²) in [5.74, 6) is 1.12. The molecule has 0 aliphatic rings. The van der Waals surface area contributed by atoms with Crippen LogP contribution in [0, 0.1) is 0 Å². The molecule has 0 bridgehead atoms. The highest BCUT2D eigenvalue weighted by molar-refractivity contribution is 5.75. The van der Waals surface area contributed by atoms with Crippen molar-refractivity contribution in [3.8, 4) is 22.9 Å². The van der Waals surface area contributed by atoms with Gasteiger partial charge in [0.25, 0.3) is 0 Å². The molecule has 9 nitrogen and oxygen atoms in total. The van der Waals surface area contributed by atoms with E-state index in [-0.39, 0.29) is 13.1 Å². The van der Waals surface area contributed by atoms with E-state index in [4.69, 9.17) is 14.2 Å². The first-order valence-electron chi connectivity index (χ1n) is 10.0. The van der Waals surface area contributed by atoms with E-state index in [9.17, 15) is 14.4 Å². The molecule has 0 aliphatic heterocycles. The number of para-hydroxylation sites is 3. The first kappa shape index (κ1) is 22.7. The first-order valence-corrected chi connectivity index (χ1v) is 10.0. The highest BCUT2D eigenvalue weighted by atomic mass is 16.5. The lowest BCUT2D eigenvalue weighted by Gasteiger charge is -2.14. The van der Waals surface area contributed by atoms with Crippen LogP contribution in [0.5, 0.6) is 17.2 Å². The Labute approximate surface area is 184 Å². The molecule has 1 N–H and O–H groups in total. The van der Waals surface area contributed by atoms with Crippen LogP contribution in [0.2, 0.25) is 0 Å². The number of amides is 1. The van der Waals surface area contributed by atoms with Crippen molar-refractivity contribution < 1.29 is 19.0 Å². The maximum absolute atomic E-state index is 12.7. The van der Waals surface area contributed by atoms with Crippen molar-refractivity contribution in [3.05, 3.63) is 81.1 Å². The molecule has 0 aliphatic carbocycles. The summed E-state index contributed by atoms with van der Waals surface area (Å²) in [7, 11) is 3.04. The number of carbonyl (C=O) groups is 1. The molecule has 0 unspecified atom stereocenters. The number of benzene rings is 2. The van der Waals surface area contributed by atoms with E-state index in [2.05, 4.69) is 5.32 Å². The fourth-order valence-corrected chi connectivity index (χ4v) is 3.25. The topological polar surface area (TPSA) is 101 Å². The quantitative estimate of drug-likeness (QED) is 0.510. The van der Waals surface area contributed by atoms with Gasteiger partial charge in [0, 0.05) is 24.5 Å². The number of carbonyl (C=O) groups excluding carboxylic acids is 1. The van der Waals surface area contributed by atoms with Crippen molar-refractivity contribution in [3.63, 3.8) is 0 Å². The summed E-state index contributed by atoms with van der Waals surface area (Å²) in [5.41, 5.74) is -0.413. The molecular weight excluding hydrogens is 414 g/mol. The zero-order valence-electron chi connectivity index (χ0n) is 18.2. The van der Waals surface area contributed by atoms with Gasteiger partial charge < -0.3 is 19.5 Å². The van der Waals surface area contributed by atoms with Crippen molar-refractivity contribution in [1.82, 2.24) is 14.5 Å². The highest BCUT2D eigenvalue weighted by Crippen LogP contribution is 2.30. The van der Waals surface area contributed by atoms with Crippen LogP contribution in [-0.2, 0) is 17.9 Å². The molecule has 0 saturated heterocycles. The van der Waals surface area contributed by atoms with Gasteiger partial charge in [0.2, 0.25) is 5.91 Å². The van der Waals surface area contributed by atoms with E-state index in [0.29, 0.717) is 29.5 Å². The molecule has 0 spiro atoms. The standard InChI is InChI=1S/C23H25N3O6/c1-4-32-18-10-6-5-9-17(18)26-13-12-25(22(28)23(26)29)15-20(27)24-14-16-8-7-11-19(30-2)21(16)31-3/h5-13H,4,14-15H2,1-3H3,(H,24,27). The second kappa shape index (κ2) is 10.3. The number of hydrogen-bond acceptors (Lipinski definition) is 6. The Hall–Kier alpha value is -4.01. The molecule has 0 atom stereocenters. The largest absolute Gasteiger partial charge is 0.493 e. The second-order valence-electron chi connectivity index (χ2n) is 6.74. The zero-order chi connectivity index (χ0) is 23.1. The summed E-state index contributed by atoms with van der Waals surface area (Å²) in [6.45, 7) is 2.12. The minimum Gasteiger partial charge on any atom is -0.493 e. The summed E-state index contributed by atoms with van der Waals surface area (Å²) in [4.78, 5) is 37.7. The van der Waals surface area contributed by atoms with Crippen LogP contribution in [-0.4, -0.2) is 35.9 Å². The van der Waals surface area contributed by atoms with Gasteiger partial charge in [0.1, 0.15) is 12.3 Å². The third-order valence-corrected chi connectivity index (χ3v) is 4.76. The van der Waals surface area contributed by atoms with Gasteiger partial charge in [-0.25, -0.2) is 0 Å². The molecule has 1 aromatic heterocycles. The molecule has 1 heterocycles. The fraction of sp³-hybridized carbons (Fsp3) is 0.261. The predicted octanol–water partition coefficient (Wildman–Crippen LogP) is 1.73. The van der Waals surface area contributed by atoms with Crippen LogP contribution >= 0.6 is 0 Å². The highest BCUT2D eigenvalue weighted by Gasteiger charge is 2.14. The van der Waals surface area contributed by atoms with Crippen molar-refractivity contribution in [1.29, 1.82) is 0 Å². The maximum Gasteiger partial charge on any atom is 0.321 e. The Bertz CT molecular complexity index is 1210. The molecule has 3 aromatic rings. The van der Waals surface area contributed by atoms with E-state index in [0.717, 1.165) is 10.1 Å². The third-order valence-electron chi connectivity index (χ3n) is 4.76. The average molecular weight is 439 g/mol. The number of nitrogens with zero attached hydrogens (tertiary/aromatic N) is 2. The van der Waals surface area contributed by atoms with Crippen LogP contribution in [0.3, 0.4) is 0 Å². The summed E-state index contributed by atoms with van der Waals surface area (Å²) < 4.78 is 18.4. The van der Waals surface area contributed by atoms with Gasteiger partial charge in [-0.3, -0.25) is 23.5 Å². The van der Waals surface area contributed by atoms with Crippen molar-refractivity contribution >= 4 is 5.91 Å². The van der Waals surface area contributed by atoms with E-state index in [1.807, 2.05) is 6.92 Å². The third kappa shape index (κ3) is 4.83. The number of aromatic nitrogens is 2. The van der Waals surface area contributed by atoms with Gasteiger partial charge >= 0.3 is 11.1 Å². The van der Waals surface area contributed by atoms with Gasteiger partial charge in [-0.15, -0.1) is 0 Å². The molecule has 3 rings (SSSR count). The van der Waals surface area contributed by atoms with Gasteiger partial charge in [0.15, 0.2) is 11.5 Å². The minimum absolute atomic E-state index is 0.173.